The average molecular weight is 792 g/mol. The van der Waals surface area contributed by atoms with E-state index in [1.54, 1.807) is 0 Å². The lowest BCUT2D eigenvalue weighted by Gasteiger charge is -2.12. The second-order valence-corrected chi connectivity index (χ2v) is 15.6. The van der Waals surface area contributed by atoms with E-state index < -0.39 is 0 Å². The number of hydrogen-bond acceptors (Lipinski definition) is 3. The van der Waals surface area contributed by atoms with Crippen LogP contribution < -0.4 is 0 Å². The predicted octanol–water partition coefficient (Wildman–Crippen LogP) is 14.4. The Hall–Kier alpha value is -8.41. The number of fused-ring (bicyclic) bond motifs is 6. The summed E-state index contributed by atoms with van der Waals surface area (Å²) in [6.45, 7) is 0. The van der Waals surface area contributed by atoms with Crippen LogP contribution in [0.3, 0.4) is 0 Å². The number of rotatable bonds is 7. The summed E-state index contributed by atoms with van der Waals surface area (Å²) in [5, 5.41) is 4.62. The van der Waals surface area contributed by atoms with Crippen molar-refractivity contribution in [3.8, 4) is 67.8 Å². The number of hydrogen-bond donors (Lipinski definition) is 0. The van der Waals surface area contributed by atoms with Crippen molar-refractivity contribution in [3.63, 3.8) is 0 Å². The first kappa shape index (κ1) is 35.5. The van der Waals surface area contributed by atoms with E-state index in [4.69, 9.17) is 15.0 Å². The smallest absolute Gasteiger partial charge is 0.164 e. The van der Waals surface area contributed by atoms with Gasteiger partial charge in [-0.2, -0.15) is 0 Å². The average Bonchev–Trinajstić information content (AvgIpc) is 3.87. The molecular formula is C57H37N5. The molecule has 9 aromatic carbocycles. The SMILES string of the molecule is c1ccc(-c2ccc(-c3ccc(-c4nc(-c5ccc6c7ccccc7n(-c7ccccc7)c6c5)nc(-c5cccc6c5c5ccccc5n6-c5ccccc5)n4)cc3)cc2)cc1. The molecule has 62 heavy (non-hydrogen) atoms. The molecular weight excluding hydrogens is 755 g/mol. The van der Waals surface area contributed by atoms with E-state index in [1.165, 1.54) is 21.9 Å². The lowest BCUT2D eigenvalue weighted by Crippen LogP contribution is -2.01. The lowest BCUT2D eigenvalue weighted by molar-refractivity contribution is 1.08. The largest absolute Gasteiger partial charge is 0.309 e. The fourth-order valence-electron chi connectivity index (χ4n) is 9.08. The summed E-state index contributed by atoms with van der Waals surface area (Å²) in [4.78, 5) is 15.9. The standard InChI is InChI=1S/C57H37N5/c1-4-15-38(16-5-1)39-27-29-40(30-28-39)41-31-33-42(34-32-41)55-58-56(43-35-36-47-46-21-10-12-24-50(46)62(53(47)37-43)45-19-8-3-9-20-45)60-57(59-55)49-23-14-26-52-54(49)48-22-11-13-25-51(48)61(52)44-17-6-2-7-18-44/h1-37H. The number of benzene rings is 9. The molecule has 5 nitrogen and oxygen atoms in total. The molecule has 0 spiro atoms. The summed E-state index contributed by atoms with van der Waals surface area (Å²) >= 11 is 0. The van der Waals surface area contributed by atoms with Crippen LogP contribution in [0.2, 0.25) is 0 Å². The van der Waals surface area contributed by atoms with Gasteiger partial charge in [-0.1, -0.05) is 176 Å². The second-order valence-electron chi connectivity index (χ2n) is 15.6. The summed E-state index contributed by atoms with van der Waals surface area (Å²) < 4.78 is 4.67. The Morgan fingerprint density at radius 3 is 1.31 bits per heavy atom. The minimum absolute atomic E-state index is 0.612. The van der Waals surface area contributed by atoms with Crippen LogP contribution in [0.5, 0.6) is 0 Å². The Kier molecular flexibility index (Phi) is 8.42. The van der Waals surface area contributed by atoms with Gasteiger partial charge in [-0.15, -0.1) is 0 Å². The van der Waals surface area contributed by atoms with Gasteiger partial charge >= 0.3 is 0 Å². The van der Waals surface area contributed by atoms with Gasteiger partial charge in [-0.3, -0.25) is 0 Å². The molecule has 0 aliphatic carbocycles. The van der Waals surface area contributed by atoms with Gasteiger partial charge in [0, 0.05) is 49.6 Å². The van der Waals surface area contributed by atoms with Gasteiger partial charge in [0.05, 0.1) is 22.1 Å². The quantitative estimate of drug-likeness (QED) is 0.162. The Balaban J connectivity index is 1.05. The molecule has 0 aliphatic rings. The molecule has 0 fully saturated rings. The highest BCUT2D eigenvalue weighted by Crippen LogP contribution is 2.40. The minimum atomic E-state index is 0.612. The van der Waals surface area contributed by atoms with Crippen LogP contribution in [0.1, 0.15) is 0 Å². The number of aromatic nitrogens is 5. The Morgan fingerprint density at radius 1 is 0.258 bits per heavy atom. The van der Waals surface area contributed by atoms with Gasteiger partial charge in [0.1, 0.15) is 0 Å². The molecule has 0 amide bonds. The molecule has 0 unspecified atom stereocenters. The molecule has 0 atom stereocenters. The molecule has 290 valence electrons. The normalized spacial score (nSPS) is 11.5. The van der Waals surface area contributed by atoms with Crippen LogP contribution in [0.15, 0.2) is 224 Å². The van der Waals surface area contributed by atoms with Gasteiger partial charge < -0.3 is 9.13 Å². The summed E-state index contributed by atoms with van der Waals surface area (Å²) in [5.74, 6) is 1.85. The van der Waals surface area contributed by atoms with E-state index in [9.17, 15) is 0 Å². The van der Waals surface area contributed by atoms with Crippen LogP contribution in [-0.2, 0) is 0 Å². The third kappa shape index (κ3) is 5.98. The van der Waals surface area contributed by atoms with Gasteiger partial charge in [0.15, 0.2) is 17.5 Å². The van der Waals surface area contributed by atoms with Crippen molar-refractivity contribution < 1.29 is 0 Å². The fraction of sp³-hybridized carbons (Fsp3) is 0. The van der Waals surface area contributed by atoms with Crippen molar-refractivity contribution in [2.75, 3.05) is 0 Å². The van der Waals surface area contributed by atoms with Crippen LogP contribution >= 0.6 is 0 Å². The maximum atomic E-state index is 5.36. The van der Waals surface area contributed by atoms with E-state index in [1.807, 2.05) is 6.07 Å². The summed E-state index contributed by atoms with van der Waals surface area (Å²) in [6, 6.07) is 79.1. The first-order valence-corrected chi connectivity index (χ1v) is 20.9. The Bertz CT molecular complexity index is 3590. The van der Waals surface area contributed by atoms with E-state index >= 15 is 0 Å². The zero-order valence-corrected chi connectivity index (χ0v) is 33.6. The molecule has 0 aliphatic heterocycles. The van der Waals surface area contributed by atoms with Crippen molar-refractivity contribution >= 4 is 43.6 Å². The van der Waals surface area contributed by atoms with E-state index in [2.05, 4.69) is 228 Å². The topological polar surface area (TPSA) is 48.5 Å². The van der Waals surface area contributed by atoms with Crippen LogP contribution in [0.25, 0.3) is 111 Å². The highest BCUT2D eigenvalue weighted by Gasteiger charge is 2.21. The van der Waals surface area contributed by atoms with Gasteiger partial charge in [0.25, 0.3) is 0 Å². The zero-order valence-electron chi connectivity index (χ0n) is 33.6. The van der Waals surface area contributed by atoms with Crippen LogP contribution in [-0.4, -0.2) is 24.1 Å². The minimum Gasteiger partial charge on any atom is -0.309 e. The molecule has 0 radical (unpaired) electrons. The summed E-state index contributed by atoms with van der Waals surface area (Å²) in [5.41, 5.74) is 14.1. The fourth-order valence-corrected chi connectivity index (χ4v) is 9.08. The van der Waals surface area contributed by atoms with Crippen molar-refractivity contribution in [3.05, 3.63) is 224 Å². The highest BCUT2D eigenvalue weighted by atomic mass is 15.0. The van der Waals surface area contributed by atoms with Gasteiger partial charge in [0.2, 0.25) is 0 Å². The molecule has 0 saturated carbocycles. The van der Waals surface area contributed by atoms with Crippen molar-refractivity contribution in [1.29, 1.82) is 0 Å². The van der Waals surface area contributed by atoms with E-state index in [-0.39, 0.29) is 0 Å². The molecule has 0 bridgehead atoms. The van der Waals surface area contributed by atoms with Crippen molar-refractivity contribution in [2.45, 2.75) is 0 Å². The summed E-state index contributed by atoms with van der Waals surface area (Å²) in [7, 11) is 0. The second kappa shape index (κ2) is 14.7. The number of nitrogens with zero attached hydrogens (tertiary/aromatic N) is 5. The monoisotopic (exact) mass is 791 g/mol. The molecule has 12 aromatic rings. The first-order valence-electron chi connectivity index (χ1n) is 20.9. The van der Waals surface area contributed by atoms with Gasteiger partial charge in [-0.05, 0) is 70.8 Å². The van der Waals surface area contributed by atoms with E-state index in [0.717, 1.165) is 72.0 Å². The maximum absolute atomic E-state index is 5.36. The molecule has 3 aromatic heterocycles. The number of para-hydroxylation sites is 4. The third-order valence-electron chi connectivity index (χ3n) is 12.0. The van der Waals surface area contributed by atoms with Crippen molar-refractivity contribution in [2.24, 2.45) is 0 Å². The maximum Gasteiger partial charge on any atom is 0.164 e. The van der Waals surface area contributed by atoms with Crippen molar-refractivity contribution in [1.82, 2.24) is 24.1 Å². The van der Waals surface area contributed by atoms with Crippen LogP contribution in [0.4, 0.5) is 0 Å². The molecule has 0 N–H and O–H groups in total. The Labute approximate surface area is 358 Å². The zero-order chi connectivity index (χ0) is 41.0. The Morgan fingerprint density at radius 2 is 0.677 bits per heavy atom. The molecule has 5 heteroatoms. The lowest BCUT2D eigenvalue weighted by atomic mass is 9.99. The first-order chi connectivity index (χ1) is 30.7. The highest BCUT2D eigenvalue weighted by molar-refractivity contribution is 6.15. The van der Waals surface area contributed by atoms with Gasteiger partial charge in [-0.25, -0.2) is 15.0 Å². The van der Waals surface area contributed by atoms with E-state index in [0.29, 0.717) is 17.5 Å². The third-order valence-corrected chi connectivity index (χ3v) is 12.0. The van der Waals surface area contributed by atoms with Crippen LogP contribution in [0, 0.1) is 0 Å². The molecule has 3 heterocycles. The summed E-state index contributed by atoms with van der Waals surface area (Å²) in [6.07, 6.45) is 0. The molecule has 0 saturated heterocycles. The predicted molar refractivity (Wildman–Crippen MR) is 256 cm³/mol. The molecule has 12 rings (SSSR count).